The van der Waals surface area contributed by atoms with E-state index >= 15 is 0 Å². The predicted octanol–water partition coefficient (Wildman–Crippen LogP) is 2.85. The molecule has 2 amide bonds. The molecule has 0 bridgehead atoms. The highest BCUT2D eigenvalue weighted by Crippen LogP contribution is 2.13. The van der Waals surface area contributed by atoms with E-state index in [9.17, 15) is 4.79 Å². The van der Waals surface area contributed by atoms with Crippen LogP contribution in [-0.4, -0.2) is 36.1 Å². The van der Waals surface area contributed by atoms with E-state index in [-0.39, 0.29) is 12.1 Å². The minimum absolute atomic E-state index is 0.107. The lowest BCUT2D eigenvalue weighted by Crippen LogP contribution is -2.40. The number of carbonyl (C=O) groups is 1. The number of nitrogens with zero attached hydrogens (tertiary/aromatic N) is 1. The summed E-state index contributed by atoms with van der Waals surface area (Å²) in [6, 6.07) is 8.70. The van der Waals surface area contributed by atoms with Gasteiger partial charge in [0.1, 0.15) is 0 Å². The third-order valence-electron chi connectivity index (χ3n) is 3.91. The van der Waals surface area contributed by atoms with Crippen LogP contribution in [0, 0.1) is 0 Å². The molecule has 1 aliphatic heterocycles. The molecule has 110 valence electrons. The second kappa shape index (κ2) is 6.75. The number of benzene rings is 1. The summed E-state index contributed by atoms with van der Waals surface area (Å²) in [4.78, 5) is 14.3. The summed E-state index contributed by atoms with van der Waals surface area (Å²) >= 11 is 0. The van der Waals surface area contributed by atoms with Crippen molar-refractivity contribution in [3.05, 3.63) is 29.8 Å². The van der Waals surface area contributed by atoms with E-state index in [4.69, 9.17) is 0 Å². The largest absolute Gasteiger partial charge is 0.334 e. The van der Waals surface area contributed by atoms with E-state index in [1.54, 1.807) is 0 Å². The molecule has 1 aliphatic rings. The van der Waals surface area contributed by atoms with Gasteiger partial charge < -0.3 is 10.6 Å². The molecule has 1 aromatic carbocycles. The molecule has 1 saturated heterocycles. The van der Waals surface area contributed by atoms with Crippen molar-refractivity contribution in [1.29, 1.82) is 0 Å². The Hall–Kier alpha value is -1.55. The Morgan fingerprint density at radius 3 is 2.60 bits per heavy atom. The van der Waals surface area contributed by atoms with Gasteiger partial charge in [-0.05, 0) is 44.4 Å². The number of urea groups is 1. The van der Waals surface area contributed by atoms with Crippen LogP contribution in [0.15, 0.2) is 24.3 Å². The molecular weight excluding hydrogens is 250 g/mol. The fourth-order valence-electron chi connectivity index (χ4n) is 2.55. The Morgan fingerprint density at radius 2 is 2.05 bits per heavy atom. The number of anilines is 1. The van der Waals surface area contributed by atoms with Crippen molar-refractivity contribution in [2.75, 3.05) is 18.4 Å². The van der Waals surface area contributed by atoms with Crippen LogP contribution in [0.5, 0.6) is 0 Å². The first kappa shape index (κ1) is 14.9. The van der Waals surface area contributed by atoms with Gasteiger partial charge in [-0.25, -0.2) is 4.79 Å². The summed E-state index contributed by atoms with van der Waals surface area (Å²) in [7, 11) is 0. The molecule has 0 saturated carbocycles. The predicted molar refractivity (Wildman–Crippen MR) is 83.1 cm³/mol. The SMILES string of the molecule is CCc1ccc(NC(=O)NC2CCN(C(C)C)C2)cc1. The summed E-state index contributed by atoms with van der Waals surface area (Å²) in [5.41, 5.74) is 2.12. The highest BCUT2D eigenvalue weighted by molar-refractivity contribution is 5.89. The number of rotatable bonds is 4. The maximum Gasteiger partial charge on any atom is 0.319 e. The minimum atomic E-state index is -0.107. The third-order valence-corrected chi connectivity index (χ3v) is 3.91. The molecule has 0 aliphatic carbocycles. The third kappa shape index (κ3) is 3.97. The van der Waals surface area contributed by atoms with Crippen LogP contribution in [0.2, 0.25) is 0 Å². The van der Waals surface area contributed by atoms with Gasteiger partial charge in [0.2, 0.25) is 0 Å². The highest BCUT2D eigenvalue weighted by atomic mass is 16.2. The molecule has 4 nitrogen and oxygen atoms in total. The number of carbonyl (C=O) groups excluding carboxylic acids is 1. The molecular formula is C16H25N3O. The lowest BCUT2D eigenvalue weighted by molar-refractivity contribution is 0.244. The molecule has 1 atom stereocenters. The van der Waals surface area contributed by atoms with Crippen LogP contribution in [-0.2, 0) is 6.42 Å². The van der Waals surface area contributed by atoms with Crippen molar-refractivity contribution in [3.8, 4) is 0 Å². The van der Waals surface area contributed by atoms with Gasteiger partial charge in [-0.3, -0.25) is 4.90 Å². The van der Waals surface area contributed by atoms with Gasteiger partial charge in [-0.15, -0.1) is 0 Å². The molecule has 0 spiro atoms. The molecule has 1 unspecified atom stereocenters. The molecule has 20 heavy (non-hydrogen) atoms. The van der Waals surface area contributed by atoms with Gasteiger partial charge in [0, 0.05) is 30.9 Å². The monoisotopic (exact) mass is 275 g/mol. The fourth-order valence-corrected chi connectivity index (χ4v) is 2.55. The second-order valence-corrected chi connectivity index (χ2v) is 5.72. The Balaban J connectivity index is 1.80. The van der Waals surface area contributed by atoms with Crippen molar-refractivity contribution in [2.24, 2.45) is 0 Å². The molecule has 4 heteroatoms. The van der Waals surface area contributed by atoms with Gasteiger partial charge in [-0.1, -0.05) is 19.1 Å². The average Bonchev–Trinajstić information content (AvgIpc) is 2.88. The first-order valence-corrected chi connectivity index (χ1v) is 7.49. The standard InChI is InChI=1S/C16H25N3O/c1-4-13-5-7-14(8-6-13)17-16(20)18-15-9-10-19(11-15)12(2)3/h5-8,12,15H,4,9-11H2,1-3H3,(H2,17,18,20). The van der Waals surface area contributed by atoms with Crippen LogP contribution < -0.4 is 10.6 Å². The normalized spacial score (nSPS) is 19.3. The Kier molecular flexibility index (Phi) is 5.01. The van der Waals surface area contributed by atoms with Crippen LogP contribution in [0.1, 0.15) is 32.8 Å². The molecule has 1 aromatic rings. The molecule has 0 radical (unpaired) electrons. The molecule has 1 fully saturated rings. The lowest BCUT2D eigenvalue weighted by Gasteiger charge is -2.20. The second-order valence-electron chi connectivity index (χ2n) is 5.72. The molecule has 0 aromatic heterocycles. The number of hydrogen-bond acceptors (Lipinski definition) is 2. The van der Waals surface area contributed by atoms with E-state index in [1.165, 1.54) is 5.56 Å². The maximum absolute atomic E-state index is 12.0. The fraction of sp³-hybridized carbons (Fsp3) is 0.562. The number of nitrogens with one attached hydrogen (secondary N) is 2. The first-order chi connectivity index (χ1) is 9.58. The zero-order valence-corrected chi connectivity index (χ0v) is 12.6. The van der Waals surface area contributed by atoms with Crippen molar-refractivity contribution >= 4 is 11.7 Å². The molecule has 1 heterocycles. The van der Waals surface area contributed by atoms with Gasteiger partial charge in [0.25, 0.3) is 0 Å². The topological polar surface area (TPSA) is 44.4 Å². The summed E-state index contributed by atoms with van der Waals surface area (Å²) in [6.07, 6.45) is 2.04. The zero-order chi connectivity index (χ0) is 14.5. The van der Waals surface area contributed by atoms with Gasteiger partial charge in [-0.2, -0.15) is 0 Å². The highest BCUT2D eigenvalue weighted by Gasteiger charge is 2.25. The summed E-state index contributed by atoms with van der Waals surface area (Å²) in [6.45, 7) is 8.51. The smallest absolute Gasteiger partial charge is 0.319 e. The Labute approximate surface area is 121 Å². The van der Waals surface area contributed by atoms with Gasteiger partial charge in [0.05, 0.1) is 0 Å². The lowest BCUT2D eigenvalue weighted by atomic mass is 10.1. The summed E-state index contributed by atoms with van der Waals surface area (Å²) in [5, 5.41) is 5.94. The van der Waals surface area contributed by atoms with E-state index in [0.717, 1.165) is 31.6 Å². The van der Waals surface area contributed by atoms with E-state index in [0.29, 0.717) is 6.04 Å². The van der Waals surface area contributed by atoms with Crippen molar-refractivity contribution < 1.29 is 4.79 Å². The summed E-state index contributed by atoms with van der Waals surface area (Å²) in [5.74, 6) is 0. The Morgan fingerprint density at radius 1 is 1.35 bits per heavy atom. The van der Waals surface area contributed by atoms with E-state index in [2.05, 4.69) is 36.3 Å². The van der Waals surface area contributed by atoms with Crippen LogP contribution >= 0.6 is 0 Å². The van der Waals surface area contributed by atoms with Crippen molar-refractivity contribution in [2.45, 2.75) is 45.7 Å². The van der Waals surface area contributed by atoms with Crippen molar-refractivity contribution in [1.82, 2.24) is 10.2 Å². The molecule has 2 N–H and O–H groups in total. The molecule has 2 rings (SSSR count). The summed E-state index contributed by atoms with van der Waals surface area (Å²) < 4.78 is 0. The number of likely N-dealkylation sites (tertiary alicyclic amines) is 1. The average molecular weight is 275 g/mol. The van der Waals surface area contributed by atoms with Crippen molar-refractivity contribution in [3.63, 3.8) is 0 Å². The van der Waals surface area contributed by atoms with Crippen LogP contribution in [0.3, 0.4) is 0 Å². The van der Waals surface area contributed by atoms with E-state index < -0.39 is 0 Å². The quantitative estimate of drug-likeness (QED) is 0.887. The van der Waals surface area contributed by atoms with Gasteiger partial charge >= 0.3 is 6.03 Å². The number of hydrogen-bond donors (Lipinski definition) is 2. The minimum Gasteiger partial charge on any atom is -0.334 e. The van der Waals surface area contributed by atoms with Crippen LogP contribution in [0.25, 0.3) is 0 Å². The number of amides is 2. The van der Waals surface area contributed by atoms with Gasteiger partial charge in [0.15, 0.2) is 0 Å². The first-order valence-electron chi connectivity index (χ1n) is 7.49. The Bertz CT molecular complexity index is 442. The van der Waals surface area contributed by atoms with Crippen LogP contribution in [0.4, 0.5) is 10.5 Å². The van der Waals surface area contributed by atoms with E-state index in [1.807, 2.05) is 24.3 Å². The number of aryl methyl sites for hydroxylation is 1. The maximum atomic E-state index is 12.0. The zero-order valence-electron chi connectivity index (χ0n) is 12.6.